The summed E-state index contributed by atoms with van der Waals surface area (Å²) < 4.78 is 30.3. The van der Waals surface area contributed by atoms with E-state index in [4.69, 9.17) is 13.9 Å². The van der Waals surface area contributed by atoms with E-state index in [1.165, 1.54) is 29.2 Å². The fraction of sp³-hybridized carbons (Fsp3) is 0.190. The lowest BCUT2D eigenvalue weighted by Crippen LogP contribution is -1.93. The second kappa shape index (κ2) is 9.27. The Labute approximate surface area is 181 Å². The first kappa shape index (κ1) is 20.4. The van der Waals surface area contributed by atoms with Gasteiger partial charge in [-0.25, -0.2) is 9.37 Å². The number of benzene rings is 2. The first-order valence-corrected chi connectivity index (χ1v) is 10.9. The van der Waals surface area contributed by atoms with Gasteiger partial charge in [0.15, 0.2) is 11.5 Å². The molecule has 0 aliphatic carbocycles. The Bertz CT molecular complexity index is 1150. The van der Waals surface area contributed by atoms with Crippen LogP contribution < -0.4 is 9.47 Å². The molecule has 0 spiro atoms. The normalized spacial score (nSPS) is 10.9. The molecule has 2 heterocycles. The van der Waals surface area contributed by atoms with E-state index in [-0.39, 0.29) is 12.2 Å². The Hall–Kier alpha value is -2.91. The monoisotopic (exact) mass is 443 g/mol. The maximum Gasteiger partial charge on any atom is 0.276 e. The van der Waals surface area contributed by atoms with Crippen LogP contribution in [0.2, 0.25) is 0 Å². The number of halogens is 1. The maximum absolute atomic E-state index is 13.8. The molecule has 2 aromatic heterocycles. The Morgan fingerprint density at radius 3 is 2.73 bits per heavy atom. The van der Waals surface area contributed by atoms with Gasteiger partial charge in [0.25, 0.3) is 5.22 Å². The van der Waals surface area contributed by atoms with Crippen LogP contribution >= 0.6 is 23.1 Å². The number of rotatable bonds is 8. The molecule has 9 heteroatoms. The van der Waals surface area contributed by atoms with Crippen molar-refractivity contribution in [1.82, 2.24) is 15.2 Å². The lowest BCUT2D eigenvalue weighted by molar-refractivity contribution is 0.356. The van der Waals surface area contributed by atoms with E-state index in [1.54, 1.807) is 32.4 Å². The number of thiazole rings is 1. The van der Waals surface area contributed by atoms with Gasteiger partial charge in [0.1, 0.15) is 10.8 Å². The molecule has 6 nitrogen and oxygen atoms in total. The summed E-state index contributed by atoms with van der Waals surface area (Å²) in [5.41, 5.74) is 2.29. The van der Waals surface area contributed by atoms with E-state index in [1.807, 2.05) is 23.6 Å². The molecule has 0 saturated carbocycles. The number of thioether (sulfide) groups is 1. The molecule has 0 bridgehead atoms. The summed E-state index contributed by atoms with van der Waals surface area (Å²) >= 11 is 2.92. The Balaban J connectivity index is 1.42. The van der Waals surface area contributed by atoms with Gasteiger partial charge in [-0.2, -0.15) is 0 Å². The zero-order chi connectivity index (χ0) is 20.9. The molecule has 2 aromatic carbocycles. The first-order valence-electron chi connectivity index (χ1n) is 9.02. The van der Waals surface area contributed by atoms with E-state index in [0.29, 0.717) is 33.9 Å². The molecule has 0 radical (unpaired) electrons. The van der Waals surface area contributed by atoms with Crippen LogP contribution in [0, 0.1) is 5.82 Å². The Morgan fingerprint density at radius 2 is 1.93 bits per heavy atom. The van der Waals surface area contributed by atoms with Crippen molar-refractivity contribution >= 4 is 23.1 Å². The van der Waals surface area contributed by atoms with Gasteiger partial charge < -0.3 is 13.9 Å². The zero-order valence-electron chi connectivity index (χ0n) is 16.3. The highest BCUT2D eigenvalue weighted by molar-refractivity contribution is 7.98. The topological polar surface area (TPSA) is 70.3 Å². The van der Waals surface area contributed by atoms with Crippen molar-refractivity contribution in [3.05, 3.63) is 70.8 Å². The van der Waals surface area contributed by atoms with Crippen LogP contribution in [-0.2, 0) is 12.2 Å². The number of aromatic nitrogens is 3. The van der Waals surface area contributed by atoms with Crippen LogP contribution in [0.3, 0.4) is 0 Å². The van der Waals surface area contributed by atoms with Crippen molar-refractivity contribution in [2.45, 2.75) is 17.4 Å². The van der Waals surface area contributed by atoms with E-state index in [9.17, 15) is 4.39 Å². The molecule has 0 atom stereocenters. The standard InChI is InChI=1S/C21H18FN3O3S2/c1-26-17-9-5-7-15(19(17)27-2)20-23-14(11-29-20)12-30-21-25-24-18(28-21)10-13-6-3-4-8-16(13)22/h3-9,11H,10,12H2,1-2H3. The lowest BCUT2D eigenvalue weighted by Gasteiger charge is -2.10. The molecule has 4 aromatic rings. The van der Waals surface area contributed by atoms with Gasteiger partial charge in [0.05, 0.1) is 31.9 Å². The summed E-state index contributed by atoms with van der Waals surface area (Å²) in [6.45, 7) is 0. The van der Waals surface area contributed by atoms with E-state index >= 15 is 0 Å². The molecule has 0 aliphatic rings. The van der Waals surface area contributed by atoms with Crippen LogP contribution in [-0.4, -0.2) is 29.4 Å². The number of hydrogen-bond donors (Lipinski definition) is 0. The summed E-state index contributed by atoms with van der Waals surface area (Å²) in [5.74, 6) is 1.98. The molecule has 0 N–H and O–H groups in total. The third-order valence-corrected chi connectivity index (χ3v) is 6.05. The van der Waals surface area contributed by atoms with Crippen LogP contribution in [0.15, 0.2) is 57.5 Å². The van der Waals surface area contributed by atoms with Crippen LogP contribution in [0.25, 0.3) is 10.6 Å². The average molecular weight is 444 g/mol. The predicted octanol–water partition coefficient (Wildman–Crippen LogP) is 5.23. The second-order valence-corrected chi connectivity index (χ2v) is 7.99. The summed E-state index contributed by atoms with van der Waals surface area (Å²) in [6.07, 6.45) is 0.261. The molecule has 154 valence electrons. The van der Waals surface area contributed by atoms with Crippen molar-refractivity contribution < 1.29 is 18.3 Å². The fourth-order valence-electron chi connectivity index (χ4n) is 2.86. The van der Waals surface area contributed by atoms with E-state index in [0.717, 1.165) is 16.3 Å². The molecule has 4 rings (SSSR count). The minimum atomic E-state index is -0.284. The number of para-hydroxylation sites is 1. The summed E-state index contributed by atoms with van der Waals surface area (Å²) in [4.78, 5) is 4.69. The van der Waals surface area contributed by atoms with Gasteiger partial charge >= 0.3 is 0 Å². The number of methoxy groups -OCH3 is 2. The van der Waals surface area contributed by atoms with Gasteiger partial charge in [-0.15, -0.1) is 21.5 Å². The fourth-order valence-corrected chi connectivity index (χ4v) is 4.48. The molecule has 0 saturated heterocycles. The Kier molecular flexibility index (Phi) is 6.29. The van der Waals surface area contributed by atoms with Gasteiger partial charge in [-0.05, 0) is 23.8 Å². The number of ether oxygens (including phenoxy) is 2. The summed E-state index contributed by atoms with van der Waals surface area (Å²) in [5, 5.41) is 11.3. The maximum atomic E-state index is 13.8. The van der Waals surface area contributed by atoms with Crippen LogP contribution in [0.5, 0.6) is 11.5 Å². The number of hydrogen-bond acceptors (Lipinski definition) is 8. The van der Waals surface area contributed by atoms with Gasteiger partial charge in [0, 0.05) is 11.1 Å². The van der Waals surface area contributed by atoms with Gasteiger partial charge in [0.2, 0.25) is 5.89 Å². The highest BCUT2D eigenvalue weighted by Crippen LogP contribution is 2.39. The first-order chi connectivity index (χ1) is 14.7. The lowest BCUT2D eigenvalue weighted by atomic mass is 10.1. The smallest absolute Gasteiger partial charge is 0.276 e. The second-order valence-electron chi connectivity index (χ2n) is 6.20. The molecule has 0 amide bonds. The summed E-state index contributed by atoms with van der Waals surface area (Å²) in [7, 11) is 3.22. The van der Waals surface area contributed by atoms with Gasteiger partial charge in [-0.1, -0.05) is 36.0 Å². The average Bonchev–Trinajstić information content (AvgIpc) is 3.42. The number of nitrogens with zero attached hydrogens (tertiary/aromatic N) is 3. The van der Waals surface area contributed by atoms with Gasteiger partial charge in [-0.3, -0.25) is 0 Å². The molecule has 30 heavy (non-hydrogen) atoms. The van der Waals surface area contributed by atoms with Crippen LogP contribution in [0.4, 0.5) is 4.39 Å². The van der Waals surface area contributed by atoms with Crippen molar-refractivity contribution in [3.8, 4) is 22.1 Å². The molecule has 0 aliphatic heterocycles. The molecule has 0 fully saturated rings. The van der Waals surface area contributed by atoms with Crippen molar-refractivity contribution in [1.29, 1.82) is 0 Å². The van der Waals surface area contributed by atoms with E-state index in [2.05, 4.69) is 15.2 Å². The van der Waals surface area contributed by atoms with E-state index < -0.39 is 0 Å². The van der Waals surface area contributed by atoms with Crippen molar-refractivity contribution in [2.75, 3.05) is 14.2 Å². The Morgan fingerprint density at radius 1 is 1.07 bits per heavy atom. The minimum Gasteiger partial charge on any atom is -0.493 e. The third-order valence-electron chi connectivity index (χ3n) is 4.28. The van der Waals surface area contributed by atoms with Crippen molar-refractivity contribution in [3.63, 3.8) is 0 Å². The minimum absolute atomic E-state index is 0.261. The summed E-state index contributed by atoms with van der Waals surface area (Å²) in [6, 6.07) is 12.3. The quantitative estimate of drug-likeness (QED) is 0.345. The highest BCUT2D eigenvalue weighted by atomic mass is 32.2. The molecular formula is C21H18FN3O3S2. The molecular weight excluding hydrogens is 425 g/mol. The zero-order valence-corrected chi connectivity index (χ0v) is 17.9. The largest absolute Gasteiger partial charge is 0.493 e. The van der Waals surface area contributed by atoms with Crippen molar-refractivity contribution in [2.24, 2.45) is 0 Å². The van der Waals surface area contributed by atoms with Crippen LogP contribution in [0.1, 0.15) is 17.1 Å². The third kappa shape index (κ3) is 4.47. The molecule has 0 unspecified atom stereocenters. The highest BCUT2D eigenvalue weighted by Gasteiger charge is 2.15. The SMILES string of the molecule is COc1cccc(-c2nc(CSc3nnc(Cc4ccccc4F)o3)cs2)c1OC. The predicted molar refractivity (Wildman–Crippen MR) is 114 cm³/mol.